The van der Waals surface area contributed by atoms with Crippen molar-refractivity contribution in [2.24, 2.45) is 5.10 Å². The molecule has 2 aromatic rings. The maximum Gasteiger partial charge on any atom is 0.218 e. The molecule has 0 aromatic heterocycles. The quantitative estimate of drug-likeness (QED) is 0.828. The molecule has 3 N–H and O–H groups in total. The monoisotopic (exact) mass is 315 g/mol. The third-order valence-corrected chi connectivity index (χ3v) is 3.67. The molecular weight excluding hydrogens is 298 g/mol. The topological polar surface area (TPSA) is 68.9 Å². The van der Waals surface area contributed by atoms with Crippen molar-refractivity contribution < 1.29 is 9.47 Å². The second kappa shape index (κ2) is 6.62. The van der Waals surface area contributed by atoms with Crippen molar-refractivity contribution in [2.75, 3.05) is 17.7 Å². The average Bonchev–Trinajstić information content (AvgIpc) is 2.99. The molecule has 1 atom stereocenters. The van der Waals surface area contributed by atoms with Gasteiger partial charge in [-0.25, -0.2) is 0 Å². The SMILES string of the molecule is CSCC1=NNC(c2ccccc2Oc2ccc(N)cc2)O1. The van der Waals surface area contributed by atoms with E-state index in [-0.39, 0.29) is 6.23 Å². The molecule has 6 heteroatoms. The van der Waals surface area contributed by atoms with Crippen LogP contribution in [0, 0.1) is 0 Å². The van der Waals surface area contributed by atoms with Crippen molar-refractivity contribution in [3.63, 3.8) is 0 Å². The highest BCUT2D eigenvalue weighted by atomic mass is 32.2. The molecule has 1 heterocycles. The van der Waals surface area contributed by atoms with Gasteiger partial charge in [-0.15, -0.1) is 5.10 Å². The molecule has 114 valence electrons. The number of hydrazone groups is 1. The lowest BCUT2D eigenvalue weighted by Gasteiger charge is -2.16. The molecule has 0 radical (unpaired) electrons. The van der Waals surface area contributed by atoms with Crippen molar-refractivity contribution in [3.05, 3.63) is 54.1 Å². The van der Waals surface area contributed by atoms with E-state index in [1.54, 1.807) is 11.8 Å². The fourth-order valence-corrected chi connectivity index (χ4v) is 2.47. The summed E-state index contributed by atoms with van der Waals surface area (Å²) >= 11 is 1.67. The Labute approximate surface area is 133 Å². The van der Waals surface area contributed by atoms with Gasteiger partial charge in [-0.05, 0) is 42.7 Å². The Morgan fingerprint density at radius 1 is 1.23 bits per heavy atom. The molecule has 1 unspecified atom stereocenters. The van der Waals surface area contributed by atoms with Crippen LogP contribution in [0.1, 0.15) is 11.8 Å². The number of hydrogen-bond donors (Lipinski definition) is 2. The van der Waals surface area contributed by atoms with E-state index in [9.17, 15) is 0 Å². The van der Waals surface area contributed by atoms with Gasteiger partial charge < -0.3 is 15.2 Å². The normalized spacial score (nSPS) is 16.6. The number of anilines is 1. The third kappa shape index (κ3) is 3.28. The van der Waals surface area contributed by atoms with Gasteiger partial charge in [0.1, 0.15) is 11.5 Å². The average molecular weight is 315 g/mol. The van der Waals surface area contributed by atoms with Crippen LogP contribution in [0.4, 0.5) is 5.69 Å². The Balaban J connectivity index is 1.77. The second-order valence-corrected chi connectivity index (χ2v) is 5.64. The summed E-state index contributed by atoms with van der Waals surface area (Å²) in [6, 6.07) is 15.0. The van der Waals surface area contributed by atoms with Gasteiger partial charge in [-0.3, -0.25) is 5.43 Å². The predicted octanol–water partition coefficient (Wildman–Crippen LogP) is 3.36. The number of rotatable bonds is 5. The van der Waals surface area contributed by atoms with E-state index in [2.05, 4.69) is 10.5 Å². The van der Waals surface area contributed by atoms with Crippen LogP contribution in [0.5, 0.6) is 11.5 Å². The summed E-state index contributed by atoms with van der Waals surface area (Å²) in [5.41, 5.74) is 10.3. The first kappa shape index (κ1) is 14.6. The first-order chi connectivity index (χ1) is 10.8. The highest BCUT2D eigenvalue weighted by Crippen LogP contribution is 2.32. The molecule has 1 aliphatic rings. The summed E-state index contributed by atoms with van der Waals surface area (Å²) < 4.78 is 11.7. The standard InChI is InChI=1S/C16H17N3O2S/c1-22-10-15-18-19-16(21-15)13-4-2-3-5-14(13)20-12-8-6-11(17)7-9-12/h2-9,16,19H,10,17H2,1H3. The molecule has 0 saturated heterocycles. The molecule has 0 amide bonds. The molecule has 0 aliphatic carbocycles. The number of hydrogen-bond acceptors (Lipinski definition) is 6. The molecule has 0 spiro atoms. The Morgan fingerprint density at radius 3 is 2.77 bits per heavy atom. The molecule has 22 heavy (non-hydrogen) atoms. The van der Waals surface area contributed by atoms with Crippen LogP contribution in [-0.4, -0.2) is 17.9 Å². The van der Waals surface area contributed by atoms with Gasteiger partial charge in [0.2, 0.25) is 12.1 Å². The van der Waals surface area contributed by atoms with Crippen molar-refractivity contribution in [2.45, 2.75) is 6.23 Å². The Bertz CT molecular complexity index is 673. The molecule has 1 aliphatic heterocycles. The third-order valence-electron chi connectivity index (χ3n) is 3.14. The molecule has 3 rings (SSSR count). The van der Waals surface area contributed by atoms with Crippen LogP contribution >= 0.6 is 11.8 Å². The number of ether oxygens (including phenoxy) is 2. The van der Waals surface area contributed by atoms with Crippen LogP contribution < -0.4 is 15.9 Å². The molecule has 0 fully saturated rings. The van der Waals surface area contributed by atoms with Crippen LogP contribution in [0.25, 0.3) is 0 Å². The van der Waals surface area contributed by atoms with E-state index < -0.39 is 0 Å². The zero-order chi connectivity index (χ0) is 15.4. The highest BCUT2D eigenvalue weighted by Gasteiger charge is 2.23. The summed E-state index contributed by atoms with van der Waals surface area (Å²) in [6.45, 7) is 0. The fourth-order valence-electron chi connectivity index (χ4n) is 2.10. The molecule has 0 bridgehead atoms. The van der Waals surface area contributed by atoms with E-state index in [4.69, 9.17) is 15.2 Å². The van der Waals surface area contributed by atoms with Gasteiger partial charge in [0.15, 0.2) is 0 Å². The molecule has 2 aromatic carbocycles. The summed E-state index contributed by atoms with van der Waals surface area (Å²) in [5, 5.41) is 4.19. The lowest BCUT2D eigenvalue weighted by atomic mass is 10.1. The smallest absolute Gasteiger partial charge is 0.218 e. The van der Waals surface area contributed by atoms with Crippen molar-refractivity contribution >= 4 is 23.3 Å². The minimum atomic E-state index is -0.327. The Morgan fingerprint density at radius 2 is 2.00 bits per heavy atom. The van der Waals surface area contributed by atoms with E-state index >= 15 is 0 Å². The first-order valence-corrected chi connectivity index (χ1v) is 8.25. The minimum Gasteiger partial charge on any atom is -0.457 e. The largest absolute Gasteiger partial charge is 0.457 e. The predicted molar refractivity (Wildman–Crippen MR) is 90.1 cm³/mol. The molecule has 5 nitrogen and oxygen atoms in total. The zero-order valence-corrected chi connectivity index (χ0v) is 13.0. The number of nitrogen functional groups attached to an aromatic ring is 1. The van der Waals surface area contributed by atoms with Crippen LogP contribution in [0.3, 0.4) is 0 Å². The molecule has 0 saturated carbocycles. The van der Waals surface area contributed by atoms with Crippen molar-refractivity contribution in [1.82, 2.24) is 5.43 Å². The fraction of sp³-hybridized carbons (Fsp3) is 0.188. The second-order valence-electron chi connectivity index (χ2n) is 4.77. The number of nitrogens with two attached hydrogens (primary N) is 1. The lowest BCUT2D eigenvalue weighted by molar-refractivity contribution is 0.186. The maximum atomic E-state index is 5.94. The Kier molecular flexibility index (Phi) is 4.39. The number of thioether (sulfide) groups is 1. The van der Waals surface area contributed by atoms with Crippen LogP contribution in [0.15, 0.2) is 53.6 Å². The molecular formula is C16H17N3O2S. The van der Waals surface area contributed by atoms with Crippen LogP contribution in [0.2, 0.25) is 0 Å². The van der Waals surface area contributed by atoms with E-state index in [0.29, 0.717) is 11.6 Å². The van der Waals surface area contributed by atoms with Gasteiger partial charge in [-0.2, -0.15) is 11.8 Å². The van der Waals surface area contributed by atoms with E-state index in [1.165, 1.54) is 0 Å². The van der Waals surface area contributed by atoms with Gasteiger partial charge in [0.05, 0.1) is 11.3 Å². The van der Waals surface area contributed by atoms with E-state index in [1.807, 2.05) is 54.8 Å². The number of nitrogens with zero attached hydrogens (tertiary/aromatic N) is 1. The summed E-state index contributed by atoms with van der Waals surface area (Å²) in [4.78, 5) is 0. The summed E-state index contributed by atoms with van der Waals surface area (Å²) in [5.74, 6) is 2.89. The summed E-state index contributed by atoms with van der Waals surface area (Å²) in [6.07, 6.45) is 1.68. The zero-order valence-electron chi connectivity index (χ0n) is 12.2. The number of benzene rings is 2. The first-order valence-electron chi connectivity index (χ1n) is 6.86. The highest BCUT2D eigenvalue weighted by molar-refractivity contribution is 7.99. The summed E-state index contributed by atoms with van der Waals surface area (Å²) in [7, 11) is 0. The van der Waals surface area contributed by atoms with Crippen molar-refractivity contribution in [3.8, 4) is 11.5 Å². The minimum absolute atomic E-state index is 0.327. The van der Waals surface area contributed by atoms with Gasteiger partial charge in [0, 0.05) is 5.69 Å². The Hall–Kier alpha value is -2.34. The maximum absolute atomic E-state index is 5.94. The van der Waals surface area contributed by atoms with Gasteiger partial charge >= 0.3 is 0 Å². The number of nitrogens with one attached hydrogen (secondary N) is 1. The van der Waals surface area contributed by atoms with E-state index in [0.717, 1.165) is 22.8 Å². The van der Waals surface area contributed by atoms with Crippen LogP contribution in [-0.2, 0) is 4.74 Å². The van der Waals surface area contributed by atoms with Crippen molar-refractivity contribution in [1.29, 1.82) is 0 Å². The van der Waals surface area contributed by atoms with Gasteiger partial charge in [0.25, 0.3) is 0 Å². The number of para-hydroxylation sites is 1. The van der Waals surface area contributed by atoms with Gasteiger partial charge in [-0.1, -0.05) is 12.1 Å². The lowest BCUT2D eigenvalue weighted by Crippen LogP contribution is -2.13.